The predicted octanol–water partition coefficient (Wildman–Crippen LogP) is 6.03. The zero-order chi connectivity index (χ0) is 20.8. The van der Waals surface area contributed by atoms with E-state index >= 15 is 0 Å². The fraction of sp³-hybridized carbons (Fsp3) is 0.0833. The molecule has 0 aliphatic carbocycles. The molecular weight excluding hydrogens is 431 g/mol. The zero-order valence-corrected chi connectivity index (χ0v) is 17.3. The highest BCUT2D eigenvalue weighted by molar-refractivity contribution is 9.10. The summed E-state index contributed by atoms with van der Waals surface area (Å²) in [6, 6.07) is 21.3. The number of hydrogen-bond donors (Lipinski definition) is 1. The highest BCUT2D eigenvalue weighted by atomic mass is 79.9. The van der Waals surface area contributed by atoms with Crippen molar-refractivity contribution in [1.29, 1.82) is 5.26 Å². The van der Waals surface area contributed by atoms with Crippen molar-refractivity contribution < 1.29 is 9.18 Å². The highest BCUT2D eigenvalue weighted by Gasteiger charge is 2.12. The van der Waals surface area contributed by atoms with Crippen LogP contribution < -0.4 is 5.32 Å². The molecule has 0 bridgehead atoms. The van der Waals surface area contributed by atoms with Gasteiger partial charge in [0.2, 0.25) is 0 Å². The van der Waals surface area contributed by atoms with Gasteiger partial charge in [-0.1, -0.05) is 46.3 Å². The number of carbonyl (C=O) groups is 1. The molecule has 3 rings (SSSR count). The molecule has 29 heavy (non-hydrogen) atoms. The lowest BCUT2D eigenvalue weighted by molar-refractivity contribution is -0.112. The number of carbonyl (C=O) groups excluding carboxylic acids is 1. The van der Waals surface area contributed by atoms with E-state index < -0.39 is 5.91 Å². The number of benzene rings is 3. The molecule has 0 fully saturated rings. The molecule has 0 aromatic heterocycles. The summed E-state index contributed by atoms with van der Waals surface area (Å²) >= 11 is 3.43. The van der Waals surface area contributed by atoms with E-state index in [1.54, 1.807) is 18.2 Å². The smallest absolute Gasteiger partial charge is 0.266 e. The topological polar surface area (TPSA) is 52.9 Å². The van der Waals surface area contributed by atoms with Crippen LogP contribution in [0.3, 0.4) is 0 Å². The van der Waals surface area contributed by atoms with Crippen molar-refractivity contribution in [2.75, 3.05) is 5.32 Å². The van der Waals surface area contributed by atoms with Gasteiger partial charge in [-0.25, -0.2) is 4.39 Å². The van der Waals surface area contributed by atoms with E-state index in [9.17, 15) is 14.4 Å². The summed E-state index contributed by atoms with van der Waals surface area (Å²) in [5, 5.41) is 12.3. The van der Waals surface area contributed by atoms with E-state index in [2.05, 4.69) is 21.2 Å². The molecule has 3 aromatic rings. The van der Waals surface area contributed by atoms with Crippen LogP contribution in [0, 0.1) is 24.1 Å². The van der Waals surface area contributed by atoms with E-state index in [1.807, 2.05) is 55.5 Å². The van der Waals surface area contributed by atoms with Gasteiger partial charge >= 0.3 is 0 Å². The van der Waals surface area contributed by atoms with Crippen LogP contribution >= 0.6 is 15.9 Å². The van der Waals surface area contributed by atoms with Crippen molar-refractivity contribution in [1.82, 2.24) is 0 Å². The van der Waals surface area contributed by atoms with Crippen LogP contribution in [0.4, 0.5) is 10.1 Å². The number of anilines is 1. The van der Waals surface area contributed by atoms with Crippen molar-refractivity contribution in [3.63, 3.8) is 0 Å². The monoisotopic (exact) mass is 448 g/mol. The van der Waals surface area contributed by atoms with Crippen LogP contribution in [0.2, 0.25) is 0 Å². The maximum atomic E-state index is 13.5. The highest BCUT2D eigenvalue weighted by Crippen LogP contribution is 2.23. The lowest BCUT2D eigenvalue weighted by atomic mass is 9.98. The van der Waals surface area contributed by atoms with Gasteiger partial charge in [-0.05, 0) is 78.1 Å². The van der Waals surface area contributed by atoms with Gasteiger partial charge in [-0.2, -0.15) is 5.26 Å². The molecule has 5 heteroatoms. The second-order valence-corrected chi connectivity index (χ2v) is 7.56. The third-order valence-electron chi connectivity index (χ3n) is 4.33. The molecule has 1 N–H and O–H groups in total. The fourth-order valence-electron chi connectivity index (χ4n) is 2.95. The standard InChI is InChI=1S/C24H18BrFN2O/c1-16-4-2-7-23(10-16)28-24(29)20(15-27)13-19-14-21(25)9-8-18(19)11-17-5-3-6-22(26)12-17/h2-10,12-14H,11H2,1H3,(H,28,29)/b20-13+. The van der Waals surface area contributed by atoms with E-state index in [0.29, 0.717) is 12.1 Å². The second-order valence-electron chi connectivity index (χ2n) is 6.64. The van der Waals surface area contributed by atoms with Crippen molar-refractivity contribution in [3.05, 3.63) is 105 Å². The molecule has 3 aromatic carbocycles. The van der Waals surface area contributed by atoms with E-state index in [-0.39, 0.29) is 11.4 Å². The average molecular weight is 449 g/mol. The summed E-state index contributed by atoms with van der Waals surface area (Å²) in [6.07, 6.45) is 2.04. The lowest BCUT2D eigenvalue weighted by Crippen LogP contribution is -2.13. The van der Waals surface area contributed by atoms with Gasteiger partial charge in [-0.3, -0.25) is 4.79 Å². The summed E-state index contributed by atoms with van der Waals surface area (Å²) in [4.78, 5) is 12.6. The normalized spacial score (nSPS) is 11.0. The molecule has 3 nitrogen and oxygen atoms in total. The second kappa shape index (κ2) is 9.31. The molecule has 0 saturated heterocycles. The van der Waals surface area contributed by atoms with Crippen LogP contribution in [-0.4, -0.2) is 5.91 Å². The number of rotatable bonds is 5. The SMILES string of the molecule is Cc1cccc(NC(=O)/C(C#N)=C/c2cc(Br)ccc2Cc2cccc(F)c2)c1. The van der Waals surface area contributed by atoms with Crippen molar-refractivity contribution in [3.8, 4) is 6.07 Å². The maximum absolute atomic E-state index is 13.5. The van der Waals surface area contributed by atoms with Gasteiger partial charge in [-0.15, -0.1) is 0 Å². The summed E-state index contributed by atoms with van der Waals surface area (Å²) in [5.74, 6) is -0.776. The molecule has 0 unspecified atom stereocenters. The van der Waals surface area contributed by atoms with Crippen molar-refractivity contribution >= 4 is 33.6 Å². The van der Waals surface area contributed by atoms with Crippen LogP contribution in [-0.2, 0) is 11.2 Å². The maximum Gasteiger partial charge on any atom is 0.266 e. The Labute approximate surface area is 177 Å². The molecular formula is C24H18BrFN2O. The van der Waals surface area contributed by atoms with Crippen molar-refractivity contribution in [2.24, 2.45) is 0 Å². The Hall–Kier alpha value is -3.23. The quantitative estimate of drug-likeness (QED) is 0.382. The third kappa shape index (κ3) is 5.63. The van der Waals surface area contributed by atoms with Gasteiger partial charge in [0.25, 0.3) is 5.91 Å². The third-order valence-corrected chi connectivity index (χ3v) is 4.83. The summed E-state index contributed by atoms with van der Waals surface area (Å²) in [6.45, 7) is 1.93. The molecule has 0 aliphatic heterocycles. The van der Waals surface area contributed by atoms with Gasteiger partial charge in [0, 0.05) is 10.2 Å². The minimum Gasteiger partial charge on any atom is -0.321 e. The first-order valence-corrected chi connectivity index (χ1v) is 9.76. The number of nitrogens with one attached hydrogen (secondary N) is 1. The van der Waals surface area contributed by atoms with Crippen LogP contribution in [0.5, 0.6) is 0 Å². The minimum atomic E-state index is -0.477. The van der Waals surface area contributed by atoms with E-state index in [4.69, 9.17) is 0 Å². The first-order chi connectivity index (χ1) is 13.9. The number of aryl methyl sites for hydroxylation is 1. The first-order valence-electron chi connectivity index (χ1n) is 8.97. The minimum absolute atomic E-state index is 0.00917. The Morgan fingerprint density at radius 1 is 1.14 bits per heavy atom. The van der Waals surface area contributed by atoms with Crippen LogP contribution in [0.15, 0.2) is 76.8 Å². The lowest BCUT2D eigenvalue weighted by Gasteiger charge is -2.09. The largest absolute Gasteiger partial charge is 0.321 e. The average Bonchev–Trinajstić information content (AvgIpc) is 2.68. The first kappa shape index (κ1) is 20.5. The zero-order valence-electron chi connectivity index (χ0n) is 15.7. The molecule has 0 spiro atoms. The molecule has 0 aliphatic rings. The van der Waals surface area contributed by atoms with Gasteiger partial charge in [0.15, 0.2) is 0 Å². The molecule has 0 saturated carbocycles. The molecule has 0 atom stereocenters. The Morgan fingerprint density at radius 2 is 1.93 bits per heavy atom. The Kier molecular flexibility index (Phi) is 6.58. The number of nitrogens with zero attached hydrogens (tertiary/aromatic N) is 1. The van der Waals surface area contributed by atoms with Crippen LogP contribution in [0.1, 0.15) is 22.3 Å². The fourth-order valence-corrected chi connectivity index (χ4v) is 3.33. The van der Waals surface area contributed by atoms with Gasteiger partial charge in [0.1, 0.15) is 17.5 Å². The Balaban J connectivity index is 1.91. The molecule has 0 radical (unpaired) electrons. The summed E-state index contributed by atoms with van der Waals surface area (Å²) in [5.41, 5.74) is 4.05. The van der Waals surface area contributed by atoms with Gasteiger partial charge < -0.3 is 5.32 Å². The Morgan fingerprint density at radius 3 is 2.66 bits per heavy atom. The predicted molar refractivity (Wildman–Crippen MR) is 117 cm³/mol. The summed E-state index contributed by atoms with van der Waals surface area (Å²) < 4.78 is 14.3. The Bertz CT molecular complexity index is 1130. The van der Waals surface area contributed by atoms with E-state index in [0.717, 1.165) is 26.7 Å². The van der Waals surface area contributed by atoms with E-state index in [1.165, 1.54) is 12.1 Å². The molecule has 0 heterocycles. The molecule has 144 valence electrons. The van der Waals surface area contributed by atoms with Crippen molar-refractivity contribution in [2.45, 2.75) is 13.3 Å². The number of nitriles is 1. The summed E-state index contributed by atoms with van der Waals surface area (Å²) in [7, 11) is 0. The number of halogens is 2. The van der Waals surface area contributed by atoms with Crippen LogP contribution in [0.25, 0.3) is 6.08 Å². The number of amides is 1. The molecule has 1 amide bonds. The number of hydrogen-bond acceptors (Lipinski definition) is 2. The van der Waals surface area contributed by atoms with Gasteiger partial charge in [0.05, 0.1) is 0 Å².